The summed E-state index contributed by atoms with van der Waals surface area (Å²) in [5.41, 5.74) is 5.99. The van der Waals surface area contributed by atoms with Gasteiger partial charge in [0.2, 0.25) is 17.7 Å². The maximum absolute atomic E-state index is 14.0. The smallest absolute Gasteiger partial charge is 0.232 e. The third kappa shape index (κ3) is 6.77. The highest BCUT2D eigenvalue weighted by Crippen LogP contribution is 2.36. The molecule has 242 valence electrons. The predicted molar refractivity (Wildman–Crippen MR) is 187 cm³/mol. The number of benzene rings is 4. The van der Waals surface area contributed by atoms with Crippen LogP contribution in [0.3, 0.4) is 0 Å². The Balaban J connectivity index is 1.08. The number of likely N-dealkylation sites (tertiary alicyclic amines) is 1. The Morgan fingerprint density at radius 3 is 2.54 bits per heavy atom. The first-order valence-corrected chi connectivity index (χ1v) is 16.3. The van der Waals surface area contributed by atoms with Crippen molar-refractivity contribution in [3.63, 3.8) is 0 Å². The number of H-pyrrole nitrogens is 1. The molecule has 0 spiro atoms. The van der Waals surface area contributed by atoms with E-state index in [0.717, 1.165) is 52.0 Å². The molecule has 9 heteroatoms. The van der Waals surface area contributed by atoms with Gasteiger partial charge in [-0.2, -0.15) is 0 Å². The molecule has 2 amide bonds. The second-order valence-corrected chi connectivity index (χ2v) is 12.6. The Labute approximate surface area is 279 Å². The number of oxazole rings is 1. The van der Waals surface area contributed by atoms with Gasteiger partial charge in [0.15, 0.2) is 5.76 Å². The minimum absolute atomic E-state index is 0.0895. The number of likely N-dealkylation sites (N-methyl/N-ethyl adjacent to an activating group) is 1. The van der Waals surface area contributed by atoms with Crippen LogP contribution in [0.25, 0.3) is 33.8 Å². The normalized spacial score (nSPS) is 15.2. The van der Waals surface area contributed by atoms with E-state index in [-0.39, 0.29) is 23.8 Å². The lowest BCUT2D eigenvalue weighted by Crippen LogP contribution is -2.38. The topological polar surface area (TPSA) is 107 Å². The number of nitrogens with zero attached hydrogens (tertiary/aromatic N) is 4. The van der Waals surface area contributed by atoms with Gasteiger partial charge in [-0.25, -0.2) is 9.97 Å². The summed E-state index contributed by atoms with van der Waals surface area (Å²) in [4.78, 5) is 43.7. The summed E-state index contributed by atoms with van der Waals surface area (Å²) in [5, 5.41) is 2.97. The average molecular weight is 639 g/mol. The van der Waals surface area contributed by atoms with Gasteiger partial charge in [0.05, 0.1) is 35.6 Å². The Morgan fingerprint density at radius 1 is 0.958 bits per heavy atom. The zero-order chi connectivity index (χ0) is 33.0. The number of anilines is 1. The highest BCUT2D eigenvalue weighted by atomic mass is 16.4. The SMILES string of the molecule is CN(C)C[C@@H](C(=O)N1CCC[C@H]1c1nc2ccc(-c3cnc(-c4cccc(NC(=O)Cc5ccccc5)c4)o3)cc2[nH]1)c1ccccc1. The molecule has 6 aromatic rings. The third-order valence-electron chi connectivity index (χ3n) is 8.79. The van der Waals surface area contributed by atoms with Gasteiger partial charge in [-0.05, 0) is 74.5 Å². The monoisotopic (exact) mass is 638 g/mol. The number of nitrogens with one attached hydrogen (secondary N) is 2. The highest BCUT2D eigenvalue weighted by Gasteiger charge is 2.36. The van der Waals surface area contributed by atoms with E-state index in [0.29, 0.717) is 36.8 Å². The lowest BCUT2D eigenvalue weighted by Gasteiger charge is -2.29. The van der Waals surface area contributed by atoms with Crippen molar-refractivity contribution >= 4 is 28.5 Å². The van der Waals surface area contributed by atoms with Crippen LogP contribution < -0.4 is 5.32 Å². The van der Waals surface area contributed by atoms with E-state index >= 15 is 0 Å². The molecule has 2 atom stereocenters. The molecule has 0 bridgehead atoms. The molecule has 48 heavy (non-hydrogen) atoms. The van der Waals surface area contributed by atoms with Crippen molar-refractivity contribution in [2.45, 2.75) is 31.2 Å². The Hall–Kier alpha value is -5.54. The third-order valence-corrected chi connectivity index (χ3v) is 8.79. The van der Waals surface area contributed by atoms with E-state index in [4.69, 9.17) is 9.40 Å². The van der Waals surface area contributed by atoms with Crippen molar-refractivity contribution in [1.29, 1.82) is 0 Å². The predicted octanol–water partition coefficient (Wildman–Crippen LogP) is 7.08. The van der Waals surface area contributed by atoms with Crippen LogP contribution in [0.2, 0.25) is 0 Å². The minimum Gasteiger partial charge on any atom is -0.436 e. The fourth-order valence-corrected chi connectivity index (χ4v) is 6.49. The van der Waals surface area contributed by atoms with E-state index in [1.807, 2.05) is 122 Å². The standard InChI is InChI=1S/C39H38N6O3/c1-44(2)25-31(27-13-7-4-8-14-27)39(47)45-20-10-17-34(45)37-42-32-19-18-28(23-33(32)43-37)35-24-40-38(48-35)29-15-9-16-30(22-29)41-36(46)21-26-11-5-3-6-12-26/h3-9,11-16,18-19,22-24,31,34H,10,17,20-21,25H2,1-2H3,(H,41,46)(H,42,43)/t31-,34+/m1/s1. The summed E-state index contributed by atoms with van der Waals surface area (Å²) >= 11 is 0. The number of amides is 2. The lowest BCUT2D eigenvalue weighted by molar-refractivity contribution is -0.134. The van der Waals surface area contributed by atoms with Crippen LogP contribution in [0.1, 0.15) is 41.8 Å². The van der Waals surface area contributed by atoms with Crippen molar-refractivity contribution in [1.82, 2.24) is 24.8 Å². The number of rotatable bonds is 10. The molecule has 2 N–H and O–H groups in total. The summed E-state index contributed by atoms with van der Waals surface area (Å²) in [6, 6.07) is 33.0. The molecule has 0 unspecified atom stereocenters. The minimum atomic E-state index is -0.246. The highest BCUT2D eigenvalue weighted by molar-refractivity contribution is 5.93. The van der Waals surface area contributed by atoms with E-state index in [1.165, 1.54) is 0 Å². The molecule has 4 aromatic carbocycles. The molecule has 0 aliphatic carbocycles. The van der Waals surface area contributed by atoms with Gasteiger partial charge < -0.3 is 24.5 Å². The first kappa shape index (κ1) is 31.1. The Bertz CT molecular complexity index is 2040. The number of carbonyl (C=O) groups is 2. The number of aromatic amines is 1. The molecular weight excluding hydrogens is 600 g/mol. The van der Waals surface area contributed by atoms with Gasteiger partial charge in [-0.3, -0.25) is 9.59 Å². The number of aromatic nitrogens is 3. The fourth-order valence-electron chi connectivity index (χ4n) is 6.49. The second-order valence-electron chi connectivity index (χ2n) is 12.6. The van der Waals surface area contributed by atoms with Crippen molar-refractivity contribution < 1.29 is 14.0 Å². The average Bonchev–Trinajstić information content (AvgIpc) is 3.87. The number of imidazole rings is 1. The first-order chi connectivity index (χ1) is 23.4. The van der Waals surface area contributed by atoms with Crippen LogP contribution in [0.15, 0.2) is 114 Å². The van der Waals surface area contributed by atoms with E-state index in [9.17, 15) is 9.59 Å². The van der Waals surface area contributed by atoms with E-state index in [2.05, 4.69) is 20.2 Å². The Kier molecular flexibility index (Phi) is 8.85. The molecule has 1 aliphatic heterocycles. The summed E-state index contributed by atoms with van der Waals surface area (Å²) in [6.45, 7) is 1.35. The van der Waals surface area contributed by atoms with Gasteiger partial charge in [0.25, 0.3) is 0 Å². The summed E-state index contributed by atoms with van der Waals surface area (Å²) < 4.78 is 6.20. The molecule has 1 fully saturated rings. The maximum Gasteiger partial charge on any atom is 0.232 e. The van der Waals surface area contributed by atoms with Gasteiger partial charge in [0, 0.05) is 29.9 Å². The molecule has 7 rings (SSSR count). The van der Waals surface area contributed by atoms with Gasteiger partial charge in [-0.15, -0.1) is 0 Å². The van der Waals surface area contributed by atoms with Crippen LogP contribution in [0, 0.1) is 0 Å². The molecule has 1 saturated heterocycles. The van der Waals surface area contributed by atoms with Crippen LogP contribution in [-0.4, -0.2) is 63.8 Å². The summed E-state index contributed by atoms with van der Waals surface area (Å²) in [6.07, 6.45) is 3.80. The molecule has 9 nitrogen and oxygen atoms in total. The van der Waals surface area contributed by atoms with Gasteiger partial charge >= 0.3 is 0 Å². The van der Waals surface area contributed by atoms with Crippen LogP contribution in [-0.2, 0) is 16.0 Å². The second kappa shape index (κ2) is 13.7. The molecule has 3 heterocycles. The molecular formula is C39H38N6O3. The number of fused-ring (bicyclic) bond motifs is 1. The first-order valence-electron chi connectivity index (χ1n) is 16.3. The summed E-state index contributed by atoms with van der Waals surface area (Å²) in [7, 11) is 4.01. The number of carbonyl (C=O) groups excluding carboxylic acids is 2. The molecule has 0 radical (unpaired) electrons. The number of hydrogen-bond acceptors (Lipinski definition) is 6. The quantitative estimate of drug-likeness (QED) is 0.166. The van der Waals surface area contributed by atoms with Crippen molar-refractivity contribution in [2.24, 2.45) is 0 Å². The fraction of sp³-hybridized carbons (Fsp3) is 0.231. The van der Waals surface area contributed by atoms with Crippen LogP contribution in [0.5, 0.6) is 0 Å². The van der Waals surface area contributed by atoms with Crippen molar-refractivity contribution in [3.05, 3.63) is 126 Å². The van der Waals surface area contributed by atoms with E-state index < -0.39 is 0 Å². The van der Waals surface area contributed by atoms with E-state index in [1.54, 1.807) is 6.20 Å². The maximum atomic E-state index is 14.0. The Morgan fingerprint density at radius 2 is 1.75 bits per heavy atom. The summed E-state index contributed by atoms with van der Waals surface area (Å²) in [5.74, 6) is 1.67. The van der Waals surface area contributed by atoms with Gasteiger partial charge in [0.1, 0.15) is 5.82 Å². The number of hydrogen-bond donors (Lipinski definition) is 2. The van der Waals surface area contributed by atoms with Crippen LogP contribution in [0.4, 0.5) is 5.69 Å². The molecule has 1 aliphatic rings. The van der Waals surface area contributed by atoms with Gasteiger partial charge in [-0.1, -0.05) is 66.7 Å². The molecule has 2 aromatic heterocycles. The van der Waals surface area contributed by atoms with Crippen molar-refractivity contribution in [3.8, 4) is 22.8 Å². The zero-order valence-corrected chi connectivity index (χ0v) is 27.1. The zero-order valence-electron chi connectivity index (χ0n) is 27.1. The van der Waals surface area contributed by atoms with Crippen LogP contribution >= 0.6 is 0 Å². The van der Waals surface area contributed by atoms with Crippen molar-refractivity contribution in [2.75, 3.05) is 32.5 Å². The molecule has 0 saturated carbocycles. The largest absolute Gasteiger partial charge is 0.436 e. The lowest BCUT2D eigenvalue weighted by atomic mass is 9.96.